The van der Waals surface area contributed by atoms with Gasteiger partial charge in [-0.3, -0.25) is 14.2 Å². The van der Waals surface area contributed by atoms with E-state index in [0.717, 1.165) is 38.5 Å². The van der Waals surface area contributed by atoms with E-state index in [-0.39, 0.29) is 23.9 Å². The van der Waals surface area contributed by atoms with Crippen LogP contribution in [-0.2, 0) is 14.1 Å². The summed E-state index contributed by atoms with van der Waals surface area (Å²) >= 11 is 0. The Morgan fingerprint density at radius 1 is 1.12 bits per heavy atom. The molecule has 0 aromatic heterocycles. The van der Waals surface area contributed by atoms with Crippen molar-refractivity contribution < 1.29 is 28.4 Å². The molecule has 2 atom stereocenters. The number of carbonyl (C=O) groups excluding carboxylic acids is 2. The number of esters is 1. The number of rotatable bonds is 13. The van der Waals surface area contributed by atoms with E-state index in [2.05, 4.69) is 13.8 Å². The predicted molar refractivity (Wildman–Crippen MR) is 125 cm³/mol. The number of hydrogen-bond acceptors (Lipinski definition) is 6. The van der Waals surface area contributed by atoms with Crippen LogP contribution >= 0.6 is 8.46 Å². The molecule has 0 saturated heterocycles. The first kappa shape index (κ1) is 26.3. The summed E-state index contributed by atoms with van der Waals surface area (Å²) in [6.45, 7) is 6.09. The van der Waals surface area contributed by atoms with Gasteiger partial charge in [-0.15, -0.1) is 0 Å². The Bertz CT molecular complexity index is 779. The monoisotopic (exact) mass is 464 g/mol. The number of benzene rings is 1. The molecule has 178 valence electrons. The van der Waals surface area contributed by atoms with Crippen molar-refractivity contribution in [3.63, 3.8) is 0 Å². The van der Waals surface area contributed by atoms with E-state index in [4.69, 9.17) is 14.2 Å². The van der Waals surface area contributed by atoms with Crippen LogP contribution in [-0.4, -0.2) is 37.7 Å². The van der Waals surface area contributed by atoms with E-state index < -0.39 is 25.0 Å². The number of Topliss-reactive ketones (excluding diaryl/α,β-unsaturated/α-hetero) is 1. The summed E-state index contributed by atoms with van der Waals surface area (Å²) in [5.41, 5.74) is -0.864. The second kappa shape index (κ2) is 11.8. The lowest BCUT2D eigenvalue weighted by atomic mass is 9.68. The van der Waals surface area contributed by atoms with E-state index in [1.807, 2.05) is 0 Å². The third kappa shape index (κ3) is 5.01. The first-order valence-electron chi connectivity index (χ1n) is 11.6. The highest BCUT2D eigenvalue weighted by atomic mass is 31.1. The van der Waals surface area contributed by atoms with Gasteiger partial charge in [0.05, 0.1) is 26.2 Å². The summed E-state index contributed by atoms with van der Waals surface area (Å²) < 4.78 is 29.2. The molecule has 2 rings (SSSR count). The van der Waals surface area contributed by atoms with Crippen LogP contribution in [0.1, 0.15) is 82.5 Å². The van der Waals surface area contributed by atoms with Gasteiger partial charge in [0.1, 0.15) is 17.1 Å². The van der Waals surface area contributed by atoms with Gasteiger partial charge in [0.2, 0.25) is 0 Å². The van der Waals surface area contributed by atoms with Crippen LogP contribution in [0.5, 0.6) is 11.5 Å². The van der Waals surface area contributed by atoms with E-state index in [9.17, 15) is 14.2 Å². The minimum absolute atomic E-state index is 0.260. The fourth-order valence-electron chi connectivity index (χ4n) is 4.78. The first-order valence-corrected chi connectivity index (χ1v) is 12.4. The second-order valence-electron chi connectivity index (χ2n) is 8.83. The van der Waals surface area contributed by atoms with E-state index >= 15 is 0 Å². The molecule has 1 aliphatic rings. The molecule has 0 heterocycles. The van der Waals surface area contributed by atoms with E-state index in [1.54, 1.807) is 25.1 Å². The third-order valence-corrected chi connectivity index (χ3v) is 8.03. The molecule has 6 nitrogen and oxygen atoms in total. The summed E-state index contributed by atoms with van der Waals surface area (Å²) in [4.78, 5) is 27.4. The fourth-order valence-corrected chi connectivity index (χ4v) is 5.42. The zero-order valence-electron chi connectivity index (χ0n) is 20.1. The van der Waals surface area contributed by atoms with E-state index in [0.29, 0.717) is 24.3 Å². The number of methoxy groups -OCH3 is 2. The number of unbranched alkanes of at least 4 members (excludes halogenated alkanes) is 1. The van der Waals surface area contributed by atoms with Gasteiger partial charge in [0.15, 0.2) is 19.4 Å². The zero-order chi connectivity index (χ0) is 23.8. The largest absolute Gasteiger partial charge is 0.496 e. The van der Waals surface area contributed by atoms with Crippen LogP contribution in [0.4, 0.5) is 0 Å². The van der Waals surface area contributed by atoms with Crippen LogP contribution in [0.3, 0.4) is 0 Å². The normalized spacial score (nSPS) is 18.0. The quantitative estimate of drug-likeness (QED) is 0.195. The van der Waals surface area contributed by atoms with Gasteiger partial charge in [0, 0.05) is 0 Å². The number of ketones is 1. The maximum atomic E-state index is 14.1. The molecule has 32 heavy (non-hydrogen) atoms. The van der Waals surface area contributed by atoms with Crippen molar-refractivity contribution >= 4 is 20.2 Å². The minimum Gasteiger partial charge on any atom is -0.496 e. The van der Waals surface area contributed by atoms with Crippen molar-refractivity contribution in [3.05, 3.63) is 23.8 Å². The molecular formula is C25H37O6P. The summed E-state index contributed by atoms with van der Waals surface area (Å²) in [6.07, 6.45) is 6.51. The van der Waals surface area contributed by atoms with Crippen LogP contribution < -0.4 is 9.47 Å². The molecule has 0 aliphatic heterocycles. The molecule has 1 fully saturated rings. The van der Waals surface area contributed by atoms with Gasteiger partial charge in [-0.2, -0.15) is 0 Å². The van der Waals surface area contributed by atoms with Gasteiger partial charge >= 0.3 is 5.97 Å². The standard InChI is InChI=1S/C25H37O6P/c1-6-8-12-18(7-2)17-31-23(27)24(3,32-28)25(15-9-10-16-25)22(26)21-19(29-4)13-11-14-20(21)30-5/h11,13-14,18H,6-10,12,15-17H2,1-5H3. The molecular weight excluding hydrogens is 427 g/mol. The average molecular weight is 465 g/mol. The van der Waals surface area contributed by atoms with Gasteiger partial charge in [-0.25, -0.2) is 0 Å². The van der Waals surface area contributed by atoms with Crippen molar-refractivity contribution in [1.82, 2.24) is 0 Å². The summed E-state index contributed by atoms with van der Waals surface area (Å²) in [7, 11) is 2.57. The predicted octanol–water partition coefficient (Wildman–Crippen LogP) is 6.26. The highest BCUT2D eigenvalue weighted by Gasteiger charge is 2.61. The molecule has 1 aliphatic carbocycles. The molecule has 1 saturated carbocycles. The molecule has 0 radical (unpaired) electrons. The average Bonchev–Trinajstić information content (AvgIpc) is 3.34. The van der Waals surface area contributed by atoms with Crippen molar-refractivity contribution in [2.75, 3.05) is 20.8 Å². The Hall–Kier alpha value is -1.94. The minimum atomic E-state index is -1.49. The Morgan fingerprint density at radius 3 is 2.19 bits per heavy atom. The van der Waals surface area contributed by atoms with Crippen molar-refractivity contribution in [2.45, 2.75) is 77.3 Å². The lowest BCUT2D eigenvalue weighted by Gasteiger charge is -2.39. The molecule has 0 amide bonds. The topological polar surface area (TPSA) is 78.9 Å². The van der Waals surface area contributed by atoms with Gasteiger partial charge in [0.25, 0.3) is 0 Å². The van der Waals surface area contributed by atoms with Crippen LogP contribution in [0.2, 0.25) is 0 Å². The number of ether oxygens (including phenoxy) is 3. The molecule has 2 unspecified atom stereocenters. The molecule has 0 N–H and O–H groups in total. The van der Waals surface area contributed by atoms with Crippen molar-refractivity contribution in [2.24, 2.45) is 11.3 Å². The Labute approximate surface area is 193 Å². The lowest BCUT2D eigenvalue weighted by Crippen LogP contribution is -2.52. The van der Waals surface area contributed by atoms with Gasteiger partial charge in [-0.05, 0) is 44.2 Å². The van der Waals surface area contributed by atoms with Crippen LogP contribution in [0.15, 0.2) is 18.2 Å². The number of carbonyl (C=O) groups is 2. The smallest absolute Gasteiger partial charge is 0.324 e. The zero-order valence-corrected chi connectivity index (χ0v) is 21.0. The van der Waals surface area contributed by atoms with Crippen LogP contribution in [0, 0.1) is 11.3 Å². The van der Waals surface area contributed by atoms with Gasteiger partial charge in [-0.1, -0.05) is 52.0 Å². The molecule has 1 aromatic rings. The van der Waals surface area contributed by atoms with E-state index in [1.165, 1.54) is 14.2 Å². The molecule has 1 aromatic carbocycles. The molecule has 7 heteroatoms. The summed E-state index contributed by atoms with van der Waals surface area (Å²) in [5, 5.41) is -1.49. The molecule has 0 spiro atoms. The SMILES string of the molecule is CCCCC(CC)COC(=O)C(C)(P=O)C1(C(=O)c2c(OC)cccc2OC)CCCC1. The molecule has 0 bridgehead atoms. The summed E-state index contributed by atoms with van der Waals surface area (Å²) in [6, 6.07) is 5.14. The Morgan fingerprint density at radius 2 is 1.72 bits per heavy atom. The maximum absolute atomic E-state index is 14.1. The summed E-state index contributed by atoms with van der Waals surface area (Å²) in [5.74, 6) is 0.170. The Balaban J connectivity index is 2.43. The Kier molecular flexibility index (Phi) is 9.69. The first-order chi connectivity index (χ1) is 15.3. The second-order valence-corrected chi connectivity index (χ2v) is 9.91. The highest BCUT2D eigenvalue weighted by molar-refractivity contribution is 7.28. The van der Waals surface area contributed by atoms with Gasteiger partial charge < -0.3 is 14.2 Å². The highest BCUT2D eigenvalue weighted by Crippen LogP contribution is 2.56. The third-order valence-electron chi connectivity index (χ3n) is 7.05. The van der Waals surface area contributed by atoms with Crippen molar-refractivity contribution in [1.29, 1.82) is 0 Å². The van der Waals surface area contributed by atoms with Crippen molar-refractivity contribution in [3.8, 4) is 11.5 Å². The maximum Gasteiger partial charge on any atom is 0.324 e. The number of hydrogen-bond donors (Lipinski definition) is 0. The fraction of sp³-hybridized carbons (Fsp3) is 0.680. The lowest BCUT2D eigenvalue weighted by molar-refractivity contribution is -0.150. The van der Waals surface area contributed by atoms with Crippen LogP contribution in [0.25, 0.3) is 0 Å².